The number of aromatic hydroxyl groups is 1. The van der Waals surface area contributed by atoms with Gasteiger partial charge in [0.15, 0.2) is 5.56 Å². The number of nitrogens with one attached hydrogen (secondary N) is 2. The summed E-state index contributed by atoms with van der Waals surface area (Å²) >= 11 is 0. The van der Waals surface area contributed by atoms with Crippen LogP contribution >= 0.6 is 12.4 Å². The molecule has 2 atom stereocenters. The molecule has 0 saturated carbocycles. The minimum absolute atomic E-state index is 0. The van der Waals surface area contributed by atoms with Crippen LogP contribution in [0, 0.1) is 11.8 Å². The summed E-state index contributed by atoms with van der Waals surface area (Å²) < 4.78 is 0. The van der Waals surface area contributed by atoms with Crippen molar-refractivity contribution in [3.8, 4) is 17.0 Å². The molecule has 0 radical (unpaired) electrons. The van der Waals surface area contributed by atoms with E-state index in [0.29, 0.717) is 29.5 Å². The maximum atomic E-state index is 12.1. The monoisotopic (exact) mass is 405 g/mol. The quantitative estimate of drug-likeness (QED) is 0.620. The lowest BCUT2D eigenvalue weighted by molar-refractivity contribution is 0.0691. The number of carbonyl (C=O) groups is 1. The number of carboxylic acids is 1. The number of fused-ring (bicyclic) bond motifs is 1. The second-order valence-corrected chi connectivity index (χ2v) is 7.32. The standard InChI is InChI=1S/C20H23N3O4.ClH/c1-2-15-17(22-19(25)16(18(15)24)20(26)27)11-3-5-14(6-4-11)23-9-12-7-21-8-13(12)10-23;/h3-6,12-13,21H,2,7-10H2,1H3,(H,26,27)(H2,22,24,25);1H/t12-,13+;. The van der Waals surface area contributed by atoms with Gasteiger partial charge < -0.3 is 25.4 Å². The Morgan fingerprint density at radius 1 is 1.18 bits per heavy atom. The lowest BCUT2D eigenvalue weighted by Crippen LogP contribution is -2.25. The number of nitrogens with zero attached hydrogens (tertiary/aromatic N) is 1. The van der Waals surface area contributed by atoms with Crippen LogP contribution in [-0.2, 0) is 6.42 Å². The molecule has 0 bridgehead atoms. The molecular weight excluding hydrogens is 382 g/mol. The summed E-state index contributed by atoms with van der Waals surface area (Å²) in [6, 6.07) is 7.85. The molecular formula is C20H24ClN3O4. The summed E-state index contributed by atoms with van der Waals surface area (Å²) in [4.78, 5) is 28.4. The average Bonchev–Trinajstić information content (AvgIpc) is 3.23. The van der Waals surface area contributed by atoms with Gasteiger partial charge in [-0.2, -0.15) is 0 Å². The van der Waals surface area contributed by atoms with Crippen LogP contribution in [0.1, 0.15) is 22.8 Å². The predicted octanol–water partition coefficient (Wildman–Crippen LogP) is 2.09. The number of halogens is 1. The molecule has 0 amide bonds. The maximum absolute atomic E-state index is 12.1. The lowest BCUT2D eigenvalue weighted by Gasteiger charge is -2.20. The number of aromatic nitrogens is 1. The highest BCUT2D eigenvalue weighted by atomic mass is 35.5. The van der Waals surface area contributed by atoms with Crippen molar-refractivity contribution >= 4 is 24.1 Å². The highest BCUT2D eigenvalue weighted by molar-refractivity contribution is 5.92. The Morgan fingerprint density at radius 3 is 2.32 bits per heavy atom. The van der Waals surface area contributed by atoms with Crippen molar-refractivity contribution in [2.45, 2.75) is 13.3 Å². The van der Waals surface area contributed by atoms with E-state index in [1.165, 1.54) is 0 Å². The van der Waals surface area contributed by atoms with E-state index in [-0.39, 0.29) is 12.4 Å². The number of H-pyrrole nitrogens is 1. The minimum Gasteiger partial charge on any atom is -0.506 e. The van der Waals surface area contributed by atoms with E-state index < -0.39 is 22.8 Å². The van der Waals surface area contributed by atoms with Crippen molar-refractivity contribution in [3.05, 3.63) is 45.7 Å². The number of pyridine rings is 1. The van der Waals surface area contributed by atoms with Gasteiger partial charge in [-0.25, -0.2) is 4.79 Å². The SMILES string of the molecule is CCc1c(-c2ccc(N3C[C@H]4CNC[C@H]4C3)cc2)[nH]c(=O)c(C(=O)O)c1O.Cl. The third-order valence-corrected chi connectivity index (χ3v) is 5.77. The number of carboxylic acid groups (broad SMARTS) is 1. The van der Waals surface area contributed by atoms with Gasteiger partial charge in [0.2, 0.25) is 0 Å². The molecule has 2 aliphatic heterocycles. The van der Waals surface area contributed by atoms with Gasteiger partial charge in [0, 0.05) is 37.4 Å². The zero-order valence-corrected chi connectivity index (χ0v) is 16.4. The number of aromatic amines is 1. The van der Waals surface area contributed by atoms with E-state index in [0.717, 1.165) is 37.4 Å². The number of aromatic carboxylic acids is 1. The van der Waals surface area contributed by atoms with Gasteiger partial charge in [0.05, 0.1) is 5.69 Å². The van der Waals surface area contributed by atoms with Gasteiger partial charge in [0.25, 0.3) is 5.56 Å². The summed E-state index contributed by atoms with van der Waals surface area (Å²) in [7, 11) is 0. The largest absolute Gasteiger partial charge is 0.506 e. The molecule has 4 rings (SSSR count). The van der Waals surface area contributed by atoms with Gasteiger partial charge in [-0.3, -0.25) is 4.79 Å². The molecule has 0 unspecified atom stereocenters. The highest BCUT2D eigenvalue weighted by Crippen LogP contribution is 2.33. The zero-order chi connectivity index (χ0) is 19.1. The van der Waals surface area contributed by atoms with Crippen molar-refractivity contribution < 1.29 is 15.0 Å². The van der Waals surface area contributed by atoms with E-state index in [2.05, 4.69) is 15.2 Å². The Labute approximate surface area is 168 Å². The third kappa shape index (κ3) is 3.36. The summed E-state index contributed by atoms with van der Waals surface area (Å²) in [6.07, 6.45) is 0.405. The molecule has 0 aliphatic carbocycles. The zero-order valence-electron chi connectivity index (χ0n) is 15.6. The second-order valence-electron chi connectivity index (χ2n) is 7.32. The van der Waals surface area contributed by atoms with Crippen LogP contribution < -0.4 is 15.8 Å². The lowest BCUT2D eigenvalue weighted by atomic mass is 10.0. The average molecular weight is 406 g/mol. The van der Waals surface area contributed by atoms with Crippen LogP contribution in [0.2, 0.25) is 0 Å². The molecule has 8 heteroatoms. The van der Waals surface area contributed by atoms with Crippen LogP contribution in [-0.4, -0.2) is 47.3 Å². The Balaban J connectivity index is 0.00000225. The summed E-state index contributed by atoms with van der Waals surface area (Å²) in [5, 5.41) is 22.9. The van der Waals surface area contributed by atoms with Crippen LogP contribution in [0.15, 0.2) is 29.1 Å². The Bertz CT molecular complexity index is 930. The van der Waals surface area contributed by atoms with Crippen molar-refractivity contribution in [1.82, 2.24) is 10.3 Å². The molecule has 0 spiro atoms. The molecule has 1 aromatic heterocycles. The van der Waals surface area contributed by atoms with Crippen LogP contribution in [0.25, 0.3) is 11.3 Å². The first kappa shape index (κ1) is 20.2. The number of hydrogen-bond donors (Lipinski definition) is 4. The molecule has 1 aromatic carbocycles. The van der Waals surface area contributed by atoms with Gasteiger partial charge >= 0.3 is 5.97 Å². The highest BCUT2D eigenvalue weighted by Gasteiger charge is 2.36. The van der Waals surface area contributed by atoms with Crippen LogP contribution in [0.3, 0.4) is 0 Å². The fourth-order valence-corrected chi connectivity index (χ4v) is 4.32. The first-order chi connectivity index (χ1) is 13.0. The number of benzene rings is 1. The first-order valence-corrected chi connectivity index (χ1v) is 9.27. The Hall–Kier alpha value is -2.51. The van der Waals surface area contributed by atoms with Crippen molar-refractivity contribution in [3.63, 3.8) is 0 Å². The number of hydrogen-bond acceptors (Lipinski definition) is 5. The molecule has 150 valence electrons. The molecule has 2 fully saturated rings. The number of anilines is 1. The normalized spacial score (nSPS) is 20.7. The minimum atomic E-state index is -1.43. The molecule has 7 nitrogen and oxygen atoms in total. The van der Waals surface area contributed by atoms with E-state index >= 15 is 0 Å². The third-order valence-electron chi connectivity index (χ3n) is 5.77. The van der Waals surface area contributed by atoms with Gasteiger partial charge in [-0.15, -0.1) is 12.4 Å². The fourth-order valence-electron chi connectivity index (χ4n) is 4.32. The van der Waals surface area contributed by atoms with Gasteiger partial charge in [0.1, 0.15) is 5.75 Å². The molecule has 4 N–H and O–H groups in total. The van der Waals surface area contributed by atoms with E-state index in [9.17, 15) is 14.7 Å². The summed E-state index contributed by atoms with van der Waals surface area (Å²) in [6.45, 7) is 6.06. The van der Waals surface area contributed by atoms with E-state index in [4.69, 9.17) is 5.11 Å². The maximum Gasteiger partial charge on any atom is 0.345 e. The van der Waals surface area contributed by atoms with Gasteiger partial charge in [-0.05, 0) is 36.0 Å². The fraction of sp³-hybridized carbons (Fsp3) is 0.400. The molecule has 3 heterocycles. The van der Waals surface area contributed by atoms with Crippen molar-refractivity contribution in [2.75, 3.05) is 31.1 Å². The summed E-state index contributed by atoms with van der Waals surface area (Å²) in [5.41, 5.74) is 1.39. The first-order valence-electron chi connectivity index (χ1n) is 9.27. The molecule has 28 heavy (non-hydrogen) atoms. The number of rotatable bonds is 4. The van der Waals surface area contributed by atoms with E-state index in [1.54, 1.807) is 0 Å². The Morgan fingerprint density at radius 2 is 1.79 bits per heavy atom. The van der Waals surface area contributed by atoms with Crippen molar-refractivity contribution in [2.24, 2.45) is 11.8 Å². The van der Waals surface area contributed by atoms with Gasteiger partial charge in [-0.1, -0.05) is 19.1 Å². The summed E-state index contributed by atoms with van der Waals surface area (Å²) in [5.74, 6) is -0.478. The topological polar surface area (TPSA) is 106 Å². The molecule has 2 aromatic rings. The van der Waals surface area contributed by atoms with Crippen molar-refractivity contribution in [1.29, 1.82) is 0 Å². The Kier molecular flexibility index (Phi) is 5.67. The smallest absolute Gasteiger partial charge is 0.345 e. The van der Waals surface area contributed by atoms with Crippen LogP contribution in [0.4, 0.5) is 5.69 Å². The van der Waals surface area contributed by atoms with E-state index in [1.807, 2.05) is 31.2 Å². The molecule has 2 saturated heterocycles. The van der Waals surface area contributed by atoms with Crippen LogP contribution in [0.5, 0.6) is 5.75 Å². The molecule has 2 aliphatic rings. The second kappa shape index (κ2) is 7.85. The predicted molar refractivity (Wildman–Crippen MR) is 110 cm³/mol.